The maximum Gasteiger partial charge on any atom is 0.513 e. The van der Waals surface area contributed by atoms with Crippen LogP contribution in [0, 0.1) is 6.92 Å². The standard InChI is InChI=1S/C14H15N3O3S/c1-9-7-12(17-13(15-9)21-3)16-10-5-4-6-11(8-10)20-14(18)19-2/h4-8H,1-3H3,(H,15,16,17). The molecule has 0 spiro atoms. The summed E-state index contributed by atoms with van der Waals surface area (Å²) in [5.41, 5.74) is 1.63. The zero-order valence-corrected chi connectivity index (χ0v) is 12.7. The number of anilines is 2. The number of nitrogens with one attached hydrogen (secondary N) is 1. The summed E-state index contributed by atoms with van der Waals surface area (Å²) in [5, 5.41) is 3.85. The quantitative estimate of drug-likeness (QED) is 0.401. The molecule has 0 amide bonds. The van der Waals surface area contributed by atoms with Crippen LogP contribution in [0.2, 0.25) is 0 Å². The van der Waals surface area contributed by atoms with Crippen molar-refractivity contribution in [1.82, 2.24) is 9.97 Å². The average Bonchev–Trinajstić information content (AvgIpc) is 2.46. The lowest BCUT2D eigenvalue weighted by molar-refractivity contribution is 0.121. The molecule has 0 aliphatic rings. The van der Waals surface area contributed by atoms with Gasteiger partial charge in [0.05, 0.1) is 7.11 Å². The van der Waals surface area contributed by atoms with Crippen LogP contribution in [0.15, 0.2) is 35.5 Å². The van der Waals surface area contributed by atoms with Gasteiger partial charge in [-0.15, -0.1) is 0 Å². The molecule has 1 aromatic carbocycles. The first-order valence-corrected chi connectivity index (χ1v) is 7.36. The van der Waals surface area contributed by atoms with Crippen LogP contribution in [0.25, 0.3) is 0 Å². The number of nitrogens with zero attached hydrogens (tertiary/aromatic N) is 2. The summed E-state index contributed by atoms with van der Waals surface area (Å²) in [7, 11) is 1.26. The smallest absolute Gasteiger partial charge is 0.437 e. The zero-order valence-electron chi connectivity index (χ0n) is 11.9. The van der Waals surface area contributed by atoms with Crippen LogP contribution < -0.4 is 10.1 Å². The van der Waals surface area contributed by atoms with Crippen LogP contribution in [0.4, 0.5) is 16.3 Å². The molecule has 0 bridgehead atoms. The Morgan fingerprint density at radius 1 is 1.29 bits per heavy atom. The minimum absolute atomic E-state index is 0.391. The maximum atomic E-state index is 11.1. The zero-order chi connectivity index (χ0) is 15.2. The highest BCUT2D eigenvalue weighted by atomic mass is 32.2. The topological polar surface area (TPSA) is 73.3 Å². The fourth-order valence-corrected chi connectivity index (χ4v) is 2.04. The molecule has 0 unspecified atom stereocenters. The number of aromatic nitrogens is 2. The number of carbonyl (C=O) groups excluding carboxylic acids is 1. The minimum Gasteiger partial charge on any atom is -0.437 e. The van der Waals surface area contributed by atoms with Gasteiger partial charge in [-0.25, -0.2) is 14.8 Å². The summed E-state index contributed by atoms with van der Waals surface area (Å²) < 4.78 is 9.43. The Bertz CT molecular complexity index is 649. The van der Waals surface area contributed by atoms with E-state index in [-0.39, 0.29) is 0 Å². The predicted octanol–water partition coefficient (Wildman–Crippen LogP) is 3.40. The normalized spacial score (nSPS) is 10.0. The van der Waals surface area contributed by atoms with E-state index < -0.39 is 6.16 Å². The van der Waals surface area contributed by atoms with E-state index in [1.54, 1.807) is 18.2 Å². The Kier molecular flexibility index (Phi) is 4.99. The average molecular weight is 305 g/mol. The molecule has 1 N–H and O–H groups in total. The van der Waals surface area contributed by atoms with Gasteiger partial charge >= 0.3 is 6.16 Å². The number of hydrogen-bond donors (Lipinski definition) is 1. The Labute approximate surface area is 126 Å². The first kappa shape index (κ1) is 15.1. The molecule has 0 atom stereocenters. The van der Waals surface area contributed by atoms with E-state index in [0.717, 1.165) is 11.4 Å². The maximum absolute atomic E-state index is 11.1. The summed E-state index contributed by atoms with van der Waals surface area (Å²) in [6.07, 6.45) is 1.17. The third kappa shape index (κ3) is 4.35. The fraction of sp³-hybridized carbons (Fsp3) is 0.214. The molecule has 0 aliphatic carbocycles. The number of hydrogen-bond acceptors (Lipinski definition) is 7. The molecular formula is C14H15N3O3S. The number of methoxy groups -OCH3 is 1. The molecule has 0 fully saturated rings. The number of thioether (sulfide) groups is 1. The summed E-state index contributed by atoms with van der Waals surface area (Å²) >= 11 is 1.47. The second kappa shape index (κ2) is 6.94. The molecule has 0 saturated carbocycles. The molecule has 1 aromatic heterocycles. The van der Waals surface area contributed by atoms with Gasteiger partial charge in [0.2, 0.25) is 0 Å². The van der Waals surface area contributed by atoms with Crippen LogP contribution in [0.3, 0.4) is 0 Å². The molecule has 110 valence electrons. The van der Waals surface area contributed by atoms with Gasteiger partial charge in [0.25, 0.3) is 0 Å². The lowest BCUT2D eigenvalue weighted by Gasteiger charge is -2.09. The van der Waals surface area contributed by atoms with Gasteiger partial charge in [0.1, 0.15) is 11.6 Å². The van der Waals surface area contributed by atoms with Crippen molar-refractivity contribution in [2.75, 3.05) is 18.7 Å². The molecular weight excluding hydrogens is 290 g/mol. The van der Waals surface area contributed by atoms with Crippen LogP contribution in [-0.2, 0) is 4.74 Å². The Morgan fingerprint density at radius 2 is 2.10 bits per heavy atom. The number of rotatable bonds is 4. The highest BCUT2D eigenvalue weighted by Gasteiger charge is 2.06. The largest absolute Gasteiger partial charge is 0.513 e. The molecule has 0 aliphatic heterocycles. The van der Waals surface area contributed by atoms with Crippen molar-refractivity contribution >= 4 is 29.4 Å². The summed E-state index contributed by atoms with van der Waals surface area (Å²) in [4.78, 5) is 19.7. The molecule has 2 aromatic rings. The van der Waals surface area contributed by atoms with E-state index in [2.05, 4.69) is 20.0 Å². The summed E-state index contributed by atoms with van der Waals surface area (Å²) in [6.45, 7) is 1.91. The van der Waals surface area contributed by atoms with Crippen molar-refractivity contribution in [3.63, 3.8) is 0 Å². The monoisotopic (exact) mass is 305 g/mol. The fourth-order valence-electron chi connectivity index (χ4n) is 1.62. The van der Waals surface area contributed by atoms with E-state index in [4.69, 9.17) is 4.74 Å². The minimum atomic E-state index is -0.755. The number of ether oxygens (including phenoxy) is 2. The Balaban J connectivity index is 2.17. The van der Waals surface area contributed by atoms with E-state index in [1.165, 1.54) is 18.9 Å². The molecule has 0 saturated heterocycles. The van der Waals surface area contributed by atoms with E-state index in [9.17, 15) is 4.79 Å². The summed E-state index contributed by atoms with van der Waals surface area (Å²) in [5.74, 6) is 1.07. The Morgan fingerprint density at radius 3 is 2.81 bits per heavy atom. The molecule has 2 rings (SSSR count). The lowest BCUT2D eigenvalue weighted by Crippen LogP contribution is -2.07. The van der Waals surface area contributed by atoms with Gasteiger partial charge in [0, 0.05) is 23.5 Å². The van der Waals surface area contributed by atoms with Crippen molar-refractivity contribution in [3.05, 3.63) is 36.0 Å². The third-order valence-electron chi connectivity index (χ3n) is 2.49. The van der Waals surface area contributed by atoms with Crippen molar-refractivity contribution < 1.29 is 14.3 Å². The summed E-state index contributed by atoms with van der Waals surface area (Å²) in [6, 6.07) is 8.81. The van der Waals surface area contributed by atoms with Gasteiger partial charge in [-0.2, -0.15) is 0 Å². The lowest BCUT2D eigenvalue weighted by atomic mass is 10.3. The van der Waals surface area contributed by atoms with Gasteiger partial charge < -0.3 is 14.8 Å². The molecule has 7 heteroatoms. The van der Waals surface area contributed by atoms with Crippen molar-refractivity contribution in [1.29, 1.82) is 0 Å². The first-order valence-electron chi connectivity index (χ1n) is 6.13. The van der Waals surface area contributed by atoms with Gasteiger partial charge in [0.15, 0.2) is 5.16 Å². The van der Waals surface area contributed by atoms with Gasteiger partial charge in [-0.05, 0) is 25.3 Å². The number of carbonyl (C=O) groups is 1. The second-order valence-corrected chi connectivity index (χ2v) is 4.86. The second-order valence-electron chi connectivity index (χ2n) is 4.09. The molecule has 1 heterocycles. The SMILES string of the molecule is COC(=O)Oc1cccc(Nc2cc(C)nc(SC)n2)c1. The van der Waals surface area contributed by atoms with Crippen LogP contribution >= 0.6 is 11.8 Å². The molecule has 0 radical (unpaired) electrons. The van der Waals surface area contributed by atoms with E-state index in [1.807, 2.05) is 25.3 Å². The van der Waals surface area contributed by atoms with Crippen LogP contribution in [0.5, 0.6) is 5.75 Å². The van der Waals surface area contributed by atoms with Crippen LogP contribution in [0.1, 0.15) is 5.69 Å². The van der Waals surface area contributed by atoms with Crippen molar-refractivity contribution in [2.45, 2.75) is 12.1 Å². The highest BCUT2D eigenvalue weighted by molar-refractivity contribution is 7.98. The first-order chi connectivity index (χ1) is 10.1. The molecule has 6 nitrogen and oxygen atoms in total. The van der Waals surface area contributed by atoms with Gasteiger partial charge in [-0.1, -0.05) is 17.8 Å². The highest BCUT2D eigenvalue weighted by Crippen LogP contribution is 2.22. The number of benzene rings is 1. The van der Waals surface area contributed by atoms with Crippen molar-refractivity contribution in [2.24, 2.45) is 0 Å². The molecule has 21 heavy (non-hydrogen) atoms. The van der Waals surface area contributed by atoms with Crippen LogP contribution in [-0.4, -0.2) is 29.5 Å². The number of aryl methyl sites for hydroxylation is 1. The van der Waals surface area contributed by atoms with Gasteiger partial charge in [-0.3, -0.25) is 0 Å². The Hall–Kier alpha value is -2.28. The third-order valence-corrected chi connectivity index (χ3v) is 3.04. The van der Waals surface area contributed by atoms with E-state index in [0.29, 0.717) is 16.7 Å². The van der Waals surface area contributed by atoms with Crippen molar-refractivity contribution in [3.8, 4) is 5.75 Å². The van der Waals surface area contributed by atoms with E-state index >= 15 is 0 Å². The predicted molar refractivity (Wildman–Crippen MR) is 81.3 cm³/mol.